The molecule has 1 aromatic carbocycles. The number of rotatable bonds is 6. The monoisotopic (exact) mass is 276 g/mol. The molecule has 1 rings (SSSR count). The largest absolute Gasteiger partial charge is 0.468 e. The summed E-state index contributed by atoms with van der Waals surface area (Å²) in [6.45, 7) is 3.81. The first-order valence-electron chi connectivity index (χ1n) is 6.67. The summed E-state index contributed by atoms with van der Waals surface area (Å²) in [7, 11) is 1.38. The Labute approximate surface area is 120 Å². The molecule has 0 radical (unpaired) electrons. The van der Waals surface area contributed by atoms with Crippen molar-refractivity contribution >= 4 is 5.97 Å². The van der Waals surface area contributed by atoms with Crippen molar-refractivity contribution in [2.24, 2.45) is 0 Å². The summed E-state index contributed by atoms with van der Waals surface area (Å²) in [4.78, 5) is 12.3. The van der Waals surface area contributed by atoms with E-state index >= 15 is 0 Å². The van der Waals surface area contributed by atoms with E-state index in [0.717, 1.165) is 5.56 Å². The van der Waals surface area contributed by atoms with Gasteiger partial charge in [-0.3, -0.25) is 4.79 Å². The van der Waals surface area contributed by atoms with Gasteiger partial charge >= 0.3 is 5.97 Å². The highest BCUT2D eigenvalue weighted by Gasteiger charge is 2.39. The molecule has 0 spiro atoms. The molecule has 0 fully saturated rings. The number of carbonyl (C=O) groups excluding carboxylic acids is 1. The van der Waals surface area contributed by atoms with Gasteiger partial charge in [0.05, 0.1) is 12.5 Å². The molecule has 0 heterocycles. The van der Waals surface area contributed by atoms with Crippen molar-refractivity contribution in [1.29, 1.82) is 0 Å². The van der Waals surface area contributed by atoms with Crippen LogP contribution in [0.5, 0.6) is 0 Å². The maximum atomic E-state index is 13.1. The number of hydrogen-bond acceptors (Lipinski definition) is 2. The smallest absolute Gasteiger partial charge is 0.316 e. The zero-order valence-corrected chi connectivity index (χ0v) is 12.2. The molecule has 0 N–H and O–H groups in total. The third-order valence-electron chi connectivity index (χ3n) is 3.38. The van der Waals surface area contributed by atoms with E-state index in [0.29, 0.717) is 12.8 Å². The lowest BCUT2D eigenvalue weighted by Crippen LogP contribution is -2.36. The molecule has 108 valence electrons. The minimum Gasteiger partial charge on any atom is -0.468 e. The number of hydrogen-bond donors (Lipinski definition) is 0. The van der Waals surface area contributed by atoms with Crippen LogP contribution in [0.4, 0.5) is 4.39 Å². The third-order valence-corrected chi connectivity index (χ3v) is 3.38. The minimum absolute atomic E-state index is 0.305. The molecule has 0 aliphatic carbocycles. The summed E-state index contributed by atoms with van der Waals surface area (Å²) < 4.78 is 18.1. The highest BCUT2D eigenvalue weighted by molar-refractivity contribution is 5.83. The number of esters is 1. The van der Waals surface area contributed by atoms with E-state index in [1.54, 1.807) is 12.1 Å². The van der Waals surface area contributed by atoms with Crippen LogP contribution in [0.2, 0.25) is 0 Å². The quantitative estimate of drug-likeness (QED) is 0.576. The molecule has 3 heteroatoms. The van der Waals surface area contributed by atoms with Gasteiger partial charge in [0.25, 0.3) is 0 Å². The lowest BCUT2D eigenvalue weighted by molar-refractivity contribution is -0.147. The molecule has 0 atom stereocenters. The van der Waals surface area contributed by atoms with Gasteiger partial charge < -0.3 is 4.74 Å². The van der Waals surface area contributed by atoms with E-state index in [1.807, 2.05) is 38.2 Å². The molecule has 0 amide bonds. The van der Waals surface area contributed by atoms with Crippen LogP contribution in [0.25, 0.3) is 0 Å². The number of allylic oxidation sites excluding steroid dienone is 4. The molecule has 20 heavy (non-hydrogen) atoms. The van der Waals surface area contributed by atoms with Crippen LogP contribution in [0.15, 0.2) is 48.6 Å². The van der Waals surface area contributed by atoms with Crippen molar-refractivity contribution in [3.8, 4) is 0 Å². The Morgan fingerprint density at radius 2 is 1.65 bits per heavy atom. The number of benzene rings is 1. The molecular weight excluding hydrogens is 255 g/mol. The van der Waals surface area contributed by atoms with Crippen LogP contribution in [0.1, 0.15) is 32.3 Å². The van der Waals surface area contributed by atoms with Crippen molar-refractivity contribution in [3.05, 3.63) is 60.0 Å². The Morgan fingerprint density at radius 1 is 1.15 bits per heavy atom. The maximum absolute atomic E-state index is 13.1. The van der Waals surface area contributed by atoms with Gasteiger partial charge in [-0.1, -0.05) is 36.4 Å². The molecule has 0 saturated heterocycles. The van der Waals surface area contributed by atoms with Crippen LogP contribution in [0.3, 0.4) is 0 Å². The summed E-state index contributed by atoms with van der Waals surface area (Å²) in [6, 6.07) is 6.05. The fourth-order valence-electron chi connectivity index (χ4n) is 2.21. The number of halogens is 1. The Bertz CT molecular complexity index is 472. The van der Waals surface area contributed by atoms with Gasteiger partial charge in [-0.25, -0.2) is 4.39 Å². The lowest BCUT2D eigenvalue weighted by atomic mass is 9.74. The van der Waals surface area contributed by atoms with Gasteiger partial charge in [0.1, 0.15) is 5.82 Å². The Balaban J connectivity index is 3.33. The normalized spacial score (nSPS) is 12.2. The fraction of sp³-hybridized carbons (Fsp3) is 0.353. The third kappa shape index (κ3) is 3.56. The minimum atomic E-state index is -0.804. The van der Waals surface area contributed by atoms with Crippen molar-refractivity contribution in [2.45, 2.75) is 32.1 Å². The standard InChI is InChI=1S/C17H21FO2/c1-4-6-12-17(13-7-5-2,16(19)20-3)14-8-10-15(18)11-9-14/h4-11H,12-13H2,1-3H3/b6-4+,7-5+. The van der Waals surface area contributed by atoms with Crippen molar-refractivity contribution in [2.75, 3.05) is 7.11 Å². The molecule has 0 aliphatic rings. The van der Waals surface area contributed by atoms with E-state index in [4.69, 9.17) is 4.74 Å². The van der Waals surface area contributed by atoms with E-state index < -0.39 is 5.41 Å². The van der Waals surface area contributed by atoms with Crippen molar-refractivity contribution in [3.63, 3.8) is 0 Å². The van der Waals surface area contributed by atoms with E-state index in [9.17, 15) is 9.18 Å². The van der Waals surface area contributed by atoms with Crippen LogP contribution in [-0.2, 0) is 14.9 Å². The Morgan fingerprint density at radius 3 is 2.05 bits per heavy atom. The molecule has 0 aliphatic heterocycles. The highest BCUT2D eigenvalue weighted by atomic mass is 19.1. The topological polar surface area (TPSA) is 26.3 Å². The lowest BCUT2D eigenvalue weighted by Gasteiger charge is -2.29. The Hall–Kier alpha value is -1.90. The molecule has 0 unspecified atom stereocenters. The number of ether oxygens (including phenoxy) is 1. The van der Waals surface area contributed by atoms with Gasteiger partial charge in [-0.2, -0.15) is 0 Å². The maximum Gasteiger partial charge on any atom is 0.316 e. The van der Waals surface area contributed by atoms with Crippen LogP contribution in [0, 0.1) is 5.82 Å². The van der Waals surface area contributed by atoms with Crippen LogP contribution in [-0.4, -0.2) is 13.1 Å². The first-order chi connectivity index (χ1) is 9.60. The van der Waals surface area contributed by atoms with Crippen LogP contribution < -0.4 is 0 Å². The molecule has 0 saturated carbocycles. The second kappa shape index (κ2) is 7.63. The molecular formula is C17H21FO2. The first kappa shape index (κ1) is 16.2. The van der Waals surface area contributed by atoms with E-state index in [1.165, 1.54) is 19.2 Å². The molecule has 0 aromatic heterocycles. The zero-order valence-electron chi connectivity index (χ0n) is 12.2. The van der Waals surface area contributed by atoms with Crippen LogP contribution >= 0.6 is 0 Å². The molecule has 2 nitrogen and oxygen atoms in total. The summed E-state index contributed by atoms with van der Waals surface area (Å²) in [5.74, 6) is -0.620. The molecule has 1 aromatic rings. The summed E-state index contributed by atoms with van der Waals surface area (Å²) in [6.07, 6.45) is 8.71. The van der Waals surface area contributed by atoms with Crippen molar-refractivity contribution < 1.29 is 13.9 Å². The van der Waals surface area contributed by atoms with Crippen molar-refractivity contribution in [1.82, 2.24) is 0 Å². The van der Waals surface area contributed by atoms with Gasteiger partial charge in [-0.05, 0) is 44.4 Å². The molecule has 0 bridgehead atoms. The predicted molar refractivity (Wildman–Crippen MR) is 79.0 cm³/mol. The fourth-order valence-corrected chi connectivity index (χ4v) is 2.21. The predicted octanol–water partition coefficient (Wildman–Crippen LogP) is 4.17. The summed E-state index contributed by atoms with van der Waals surface area (Å²) in [5.41, 5.74) is -0.0384. The van der Waals surface area contributed by atoms with E-state index in [2.05, 4.69) is 0 Å². The summed E-state index contributed by atoms with van der Waals surface area (Å²) in [5, 5.41) is 0. The SMILES string of the molecule is C/C=C/CC(C/C=C/C)(C(=O)OC)c1ccc(F)cc1. The number of carbonyl (C=O) groups is 1. The van der Waals surface area contributed by atoms with Gasteiger partial charge in [0, 0.05) is 0 Å². The Kier molecular flexibility index (Phi) is 6.16. The second-order valence-corrected chi connectivity index (χ2v) is 4.63. The summed E-state index contributed by atoms with van der Waals surface area (Å²) >= 11 is 0. The zero-order chi connectivity index (χ0) is 15.0. The number of methoxy groups -OCH3 is 1. The second-order valence-electron chi connectivity index (χ2n) is 4.63. The van der Waals surface area contributed by atoms with Gasteiger partial charge in [0.2, 0.25) is 0 Å². The average molecular weight is 276 g/mol. The van der Waals surface area contributed by atoms with Gasteiger partial charge in [-0.15, -0.1) is 0 Å². The van der Waals surface area contributed by atoms with Gasteiger partial charge in [0.15, 0.2) is 0 Å². The first-order valence-corrected chi connectivity index (χ1v) is 6.67. The highest BCUT2D eigenvalue weighted by Crippen LogP contribution is 2.34. The average Bonchev–Trinajstić information content (AvgIpc) is 2.48. The van der Waals surface area contributed by atoms with E-state index in [-0.39, 0.29) is 11.8 Å².